The number of ether oxygens (including phenoxy) is 2. The van der Waals surface area contributed by atoms with Gasteiger partial charge in [-0.1, -0.05) is 13.0 Å². The average molecular weight is 222 g/mol. The fourth-order valence-electron chi connectivity index (χ4n) is 1.52. The van der Waals surface area contributed by atoms with Crippen LogP contribution in [0.25, 0.3) is 0 Å². The zero-order valence-electron chi connectivity index (χ0n) is 8.60. The number of Topliss-reactive ketones (excluding diaryl/α,β-unsaturated/α-hetero) is 1. The maximum absolute atomic E-state index is 11.3. The van der Waals surface area contributed by atoms with E-state index in [1.54, 1.807) is 25.1 Å². The molecular weight excluding hydrogens is 212 g/mol. The molecule has 1 atom stereocenters. The van der Waals surface area contributed by atoms with Gasteiger partial charge in [0.1, 0.15) is 0 Å². The van der Waals surface area contributed by atoms with Crippen LogP contribution in [0, 0.1) is 0 Å². The molecule has 1 N–H and O–H groups in total. The standard InChI is InChI=1S/C11H10O5/c1-6(10(12)11(13)14)7-2-3-8-9(4-7)16-5-15-8/h2-4,6H,5H2,1H3,(H,13,14). The third-order valence-electron chi connectivity index (χ3n) is 2.50. The van der Waals surface area contributed by atoms with Gasteiger partial charge in [0, 0.05) is 0 Å². The van der Waals surface area contributed by atoms with Gasteiger partial charge in [-0.15, -0.1) is 0 Å². The highest BCUT2D eigenvalue weighted by molar-refractivity contribution is 6.34. The van der Waals surface area contributed by atoms with Crippen molar-refractivity contribution in [3.05, 3.63) is 23.8 Å². The van der Waals surface area contributed by atoms with Gasteiger partial charge in [-0.25, -0.2) is 4.79 Å². The van der Waals surface area contributed by atoms with E-state index in [9.17, 15) is 9.59 Å². The van der Waals surface area contributed by atoms with Crippen LogP contribution in [0.3, 0.4) is 0 Å². The summed E-state index contributed by atoms with van der Waals surface area (Å²) in [7, 11) is 0. The molecule has 1 aromatic rings. The quantitative estimate of drug-likeness (QED) is 0.777. The van der Waals surface area contributed by atoms with Crippen LogP contribution in [0.15, 0.2) is 18.2 Å². The second-order valence-corrected chi connectivity index (χ2v) is 3.50. The zero-order valence-corrected chi connectivity index (χ0v) is 8.60. The van der Waals surface area contributed by atoms with E-state index in [4.69, 9.17) is 14.6 Å². The Morgan fingerprint density at radius 2 is 2.00 bits per heavy atom. The lowest BCUT2D eigenvalue weighted by Crippen LogP contribution is -2.19. The van der Waals surface area contributed by atoms with E-state index in [-0.39, 0.29) is 6.79 Å². The minimum absolute atomic E-state index is 0.153. The molecule has 0 saturated carbocycles. The Kier molecular flexibility index (Phi) is 2.52. The molecule has 5 nitrogen and oxygen atoms in total. The normalized spacial score (nSPS) is 14.6. The van der Waals surface area contributed by atoms with Gasteiger partial charge in [0.15, 0.2) is 11.5 Å². The summed E-state index contributed by atoms with van der Waals surface area (Å²) in [4.78, 5) is 21.8. The lowest BCUT2D eigenvalue weighted by molar-refractivity contribution is -0.149. The van der Waals surface area contributed by atoms with E-state index in [1.807, 2.05) is 0 Å². The highest BCUT2D eigenvalue weighted by atomic mass is 16.7. The second-order valence-electron chi connectivity index (χ2n) is 3.50. The molecule has 0 bridgehead atoms. The number of carboxylic acid groups (broad SMARTS) is 1. The molecule has 0 amide bonds. The first-order valence-corrected chi connectivity index (χ1v) is 4.76. The molecule has 1 heterocycles. The maximum atomic E-state index is 11.3. The molecule has 5 heteroatoms. The third kappa shape index (κ3) is 1.71. The van der Waals surface area contributed by atoms with E-state index in [1.165, 1.54) is 0 Å². The molecule has 0 spiro atoms. The van der Waals surface area contributed by atoms with Gasteiger partial charge < -0.3 is 14.6 Å². The zero-order chi connectivity index (χ0) is 11.7. The Bertz CT molecular complexity index is 452. The van der Waals surface area contributed by atoms with E-state index in [0.29, 0.717) is 17.1 Å². The summed E-state index contributed by atoms with van der Waals surface area (Å²) in [5, 5.41) is 8.60. The molecule has 1 aliphatic heterocycles. The maximum Gasteiger partial charge on any atom is 0.372 e. The molecule has 0 saturated heterocycles. The number of aliphatic carboxylic acids is 1. The van der Waals surface area contributed by atoms with E-state index in [0.717, 1.165) is 0 Å². The minimum atomic E-state index is -1.43. The van der Waals surface area contributed by atoms with Gasteiger partial charge >= 0.3 is 5.97 Å². The Morgan fingerprint density at radius 1 is 1.31 bits per heavy atom. The smallest absolute Gasteiger partial charge is 0.372 e. The fraction of sp³-hybridized carbons (Fsp3) is 0.273. The number of carbonyl (C=O) groups excluding carboxylic acids is 1. The fourth-order valence-corrected chi connectivity index (χ4v) is 1.52. The first-order chi connectivity index (χ1) is 7.59. The van der Waals surface area contributed by atoms with Gasteiger partial charge in [-0.3, -0.25) is 4.79 Å². The summed E-state index contributed by atoms with van der Waals surface area (Å²) >= 11 is 0. The summed E-state index contributed by atoms with van der Waals surface area (Å²) in [5.41, 5.74) is 0.608. The summed E-state index contributed by atoms with van der Waals surface area (Å²) in [6, 6.07) is 4.97. The molecular formula is C11H10O5. The van der Waals surface area contributed by atoms with E-state index >= 15 is 0 Å². The monoisotopic (exact) mass is 222 g/mol. The first kappa shape index (κ1) is 10.5. The molecule has 1 unspecified atom stereocenters. The van der Waals surface area contributed by atoms with Crippen LogP contribution in [0.5, 0.6) is 11.5 Å². The molecule has 84 valence electrons. The Labute approximate surface area is 91.6 Å². The molecule has 16 heavy (non-hydrogen) atoms. The number of hydrogen-bond donors (Lipinski definition) is 1. The van der Waals surface area contributed by atoms with Crippen molar-refractivity contribution in [3.8, 4) is 11.5 Å². The van der Waals surface area contributed by atoms with Crippen molar-refractivity contribution in [2.45, 2.75) is 12.8 Å². The van der Waals surface area contributed by atoms with E-state index < -0.39 is 17.7 Å². The molecule has 0 radical (unpaired) electrons. The van der Waals surface area contributed by atoms with Crippen LogP contribution < -0.4 is 9.47 Å². The number of carbonyl (C=O) groups is 2. The van der Waals surface area contributed by atoms with Crippen molar-refractivity contribution >= 4 is 11.8 Å². The summed E-state index contributed by atoms with van der Waals surface area (Å²) in [5.74, 6) is -1.79. The van der Waals surface area contributed by atoms with Crippen LogP contribution in [0.2, 0.25) is 0 Å². The number of hydrogen-bond acceptors (Lipinski definition) is 4. The summed E-state index contributed by atoms with van der Waals surface area (Å²) in [6.45, 7) is 1.70. The Balaban J connectivity index is 2.28. The van der Waals surface area contributed by atoms with Gasteiger partial charge in [-0.2, -0.15) is 0 Å². The molecule has 1 aromatic carbocycles. The van der Waals surface area contributed by atoms with Gasteiger partial charge in [0.2, 0.25) is 12.6 Å². The van der Waals surface area contributed by atoms with E-state index in [2.05, 4.69) is 0 Å². The van der Waals surface area contributed by atoms with Gasteiger partial charge in [0.05, 0.1) is 5.92 Å². The lowest BCUT2D eigenvalue weighted by Gasteiger charge is -2.08. The lowest BCUT2D eigenvalue weighted by atomic mass is 9.96. The molecule has 0 aliphatic carbocycles. The predicted molar refractivity (Wildman–Crippen MR) is 53.6 cm³/mol. The first-order valence-electron chi connectivity index (χ1n) is 4.76. The second kappa shape index (κ2) is 3.84. The molecule has 2 rings (SSSR count). The number of ketones is 1. The molecule has 0 aromatic heterocycles. The highest BCUT2D eigenvalue weighted by Gasteiger charge is 2.24. The van der Waals surface area contributed by atoms with Crippen molar-refractivity contribution in [2.75, 3.05) is 6.79 Å². The van der Waals surface area contributed by atoms with Crippen LogP contribution in [-0.4, -0.2) is 23.7 Å². The third-order valence-corrected chi connectivity index (χ3v) is 2.50. The molecule has 1 aliphatic rings. The average Bonchev–Trinajstić information content (AvgIpc) is 2.73. The van der Waals surface area contributed by atoms with Crippen molar-refractivity contribution in [1.82, 2.24) is 0 Å². The van der Waals surface area contributed by atoms with Crippen LogP contribution in [0.4, 0.5) is 0 Å². The van der Waals surface area contributed by atoms with Crippen molar-refractivity contribution in [2.24, 2.45) is 0 Å². The predicted octanol–water partition coefficient (Wildman–Crippen LogP) is 1.17. The summed E-state index contributed by atoms with van der Waals surface area (Å²) < 4.78 is 10.3. The largest absolute Gasteiger partial charge is 0.475 e. The summed E-state index contributed by atoms with van der Waals surface area (Å²) in [6.07, 6.45) is 0. The van der Waals surface area contributed by atoms with Crippen molar-refractivity contribution < 1.29 is 24.2 Å². The number of carboxylic acids is 1. The van der Waals surface area contributed by atoms with Crippen molar-refractivity contribution in [3.63, 3.8) is 0 Å². The topological polar surface area (TPSA) is 72.8 Å². The van der Waals surface area contributed by atoms with Crippen LogP contribution in [-0.2, 0) is 9.59 Å². The minimum Gasteiger partial charge on any atom is -0.475 e. The Morgan fingerprint density at radius 3 is 2.69 bits per heavy atom. The number of fused-ring (bicyclic) bond motifs is 1. The number of rotatable bonds is 3. The van der Waals surface area contributed by atoms with Gasteiger partial charge in [0.25, 0.3) is 0 Å². The van der Waals surface area contributed by atoms with Gasteiger partial charge in [-0.05, 0) is 17.7 Å². The highest BCUT2D eigenvalue weighted by Crippen LogP contribution is 2.34. The SMILES string of the molecule is CC(C(=O)C(=O)O)c1ccc2c(c1)OCO2. The van der Waals surface area contributed by atoms with Crippen LogP contribution >= 0.6 is 0 Å². The Hall–Kier alpha value is -2.04. The van der Waals surface area contributed by atoms with Crippen LogP contribution in [0.1, 0.15) is 18.4 Å². The number of benzene rings is 1. The molecule has 0 fully saturated rings. The van der Waals surface area contributed by atoms with Crippen molar-refractivity contribution in [1.29, 1.82) is 0 Å².